The highest BCUT2D eigenvalue weighted by Crippen LogP contribution is 2.41. The molecule has 1 aliphatic heterocycles. The van der Waals surface area contributed by atoms with Crippen LogP contribution < -0.4 is 10.2 Å². The zero-order valence-corrected chi connectivity index (χ0v) is 17.8. The maximum absolute atomic E-state index is 13.6. The van der Waals surface area contributed by atoms with E-state index in [4.69, 9.17) is 14.1 Å². The highest BCUT2D eigenvalue weighted by atomic mass is 19.1. The second-order valence-electron chi connectivity index (χ2n) is 8.15. The normalized spacial score (nSPS) is 12.2. The van der Waals surface area contributed by atoms with Crippen molar-refractivity contribution < 1.29 is 13.5 Å². The second kappa shape index (κ2) is 7.41. The van der Waals surface area contributed by atoms with Crippen molar-refractivity contribution in [1.82, 2.24) is 4.98 Å². The Morgan fingerprint density at radius 1 is 0.909 bits per heavy atom. The van der Waals surface area contributed by atoms with Gasteiger partial charge in [0.15, 0.2) is 0 Å². The minimum Gasteiger partial charge on any atom is -0.488 e. The van der Waals surface area contributed by atoms with Crippen molar-refractivity contribution in [3.63, 3.8) is 0 Å². The number of hydrogen-bond donors (Lipinski definition) is 0. The monoisotopic (exact) mass is 435 g/mol. The van der Waals surface area contributed by atoms with Gasteiger partial charge in [-0.25, -0.2) is 9.37 Å². The van der Waals surface area contributed by atoms with E-state index in [1.807, 2.05) is 49.4 Å². The number of fused-ring (bicyclic) bond motifs is 4. The fraction of sp³-hybridized carbons (Fsp3) is 0.0714. The first kappa shape index (κ1) is 19.4. The van der Waals surface area contributed by atoms with E-state index in [9.17, 15) is 9.18 Å². The number of hydrogen-bond acceptors (Lipinski definition) is 4. The fourth-order valence-corrected chi connectivity index (χ4v) is 4.32. The van der Waals surface area contributed by atoms with Gasteiger partial charge in [0.25, 0.3) is 0 Å². The van der Waals surface area contributed by atoms with Crippen molar-refractivity contribution in [2.75, 3.05) is 0 Å². The summed E-state index contributed by atoms with van der Waals surface area (Å²) in [5.74, 6) is 0.419. The smallest absolute Gasteiger partial charge is 0.200 e. The number of aromatic nitrogens is 1. The molecule has 0 aliphatic carbocycles. The molecule has 5 heteroatoms. The molecule has 2 aromatic heterocycles. The highest BCUT2D eigenvalue weighted by molar-refractivity contribution is 5.87. The Labute approximate surface area is 188 Å². The lowest BCUT2D eigenvalue weighted by molar-refractivity contribution is 0.302. The van der Waals surface area contributed by atoms with Crippen LogP contribution in [-0.4, -0.2) is 4.98 Å². The Morgan fingerprint density at radius 3 is 2.58 bits per heavy atom. The Kier molecular flexibility index (Phi) is 4.37. The van der Waals surface area contributed by atoms with E-state index in [0.29, 0.717) is 27.8 Å². The molecule has 3 aromatic carbocycles. The predicted octanol–water partition coefficient (Wildman–Crippen LogP) is 6.53. The lowest BCUT2D eigenvalue weighted by atomic mass is 9.92. The molecule has 0 N–H and O–H groups in total. The highest BCUT2D eigenvalue weighted by Gasteiger charge is 2.25. The van der Waals surface area contributed by atoms with Gasteiger partial charge in [0.1, 0.15) is 30.0 Å². The van der Waals surface area contributed by atoms with Gasteiger partial charge in [-0.05, 0) is 67.1 Å². The van der Waals surface area contributed by atoms with Gasteiger partial charge in [-0.15, -0.1) is 0 Å². The van der Waals surface area contributed by atoms with Crippen LogP contribution in [0.2, 0.25) is 0 Å². The van der Waals surface area contributed by atoms with Gasteiger partial charge in [-0.2, -0.15) is 0 Å². The Balaban J connectivity index is 1.67. The first-order valence-electron chi connectivity index (χ1n) is 10.6. The molecule has 0 amide bonds. The summed E-state index contributed by atoms with van der Waals surface area (Å²) in [6.07, 6.45) is 1.50. The van der Waals surface area contributed by atoms with Gasteiger partial charge in [0, 0.05) is 16.7 Å². The van der Waals surface area contributed by atoms with E-state index < -0.39 is 0 Å². The molecule has 0 saturated heterocycles. The second-order valence-corrected chi connectivity index (χ2v) is 8.15. The van der Waals surface area contributed by atoms with Crippen LogP contribution in [-0.2, 0) is 6.61 Å². The average Bonchev–Trinajstić information content (AvgIpc) is 2.84. The molecule has 0 fully saturated rings. The number of aryl methyl sites for hydroxylation is 1. The van der Waals surface area contributed by atoms with E-state index in [0.717, 1.165) is 33.7 Å². The van der Waals surface area contributed by atoms with E-state index >= 15 is 0 Å². The standard InChI is InChI=1S/C28H18FNO3/c1-16-6-11-26-21(12-16)28(31)23(15-33-26)20-13-24(17-7-9-18(29)10-8-17)30-27-19-4-2-3-5-25(19)32-14-22(20)27/h2-13,15H,14H2,1H3. The molecule has 0 unspecified atom stereocenters. The third-order valence-corrected chi connectivity index (χ3v) is 6.00. The maximum Gasteiger partial charge on any atom is 0.200 e. The third kappa shape index (κ3) is 3.21. The summed E-state index contributed by atoms with van der Waals surface area (Å²) < 4.78 is 25.4. The maximum atomic E-state index is 13.6. The summed E-state index contributed by atoms with van der Waals surface area (Å²) in [7, 11) is 0. The molecule has 0 atom stereocenters. The number of nitrogens with zero attached hydrogens (tertiary/aromatic N) is 1. The van der Waals surface area contributed by atoms with Crippen LogP contribution >= 0.6 is 0 Å². The van der Waals surface area contributed by atoms with E-state index in [1.165, 1.54) is 18.4 Å². The lowest BCUT2D eigenvalue weighted by Crippen LogP contribution is -2.13. The molecule has 0 bridgehead atoms. The molecule has 0 spiro atoms. The van der Waals surface area contributed by atoms with Crippen LogP contribution in [0.15, 0.2) is 88.3 Å². The van der Waals surface area contributed by atoms with Crippen molar-refractivity contribution in [3.05, 3.63) is 106 Å². The summed E-state index contributed by atoms with van der Waals surface area (Å²) in [5.41, 5.74) is 6.36. The largest absolute Gasteiger partial charge is 0.488 e. The SMILES string of the molecule is Cc1ccc2occ(-c3cc(-c4ccc(F)cc4)nc4c3COc3ccccc3-4)c(=O)c2c1. The minimum atomic E-state index is -0.318. The van der Waals surface area contributed by atoms with Crippen LogP contribution in [0.5, 0.6) is 5.75 Å². The van der Waals surface area contributed by atoms with Gasteiger partial charge in [-0.3, -0.25) is 4.79 Å². The third-order valence-electron chi connectivity index (χ3n) is 6.00. The van der Waals surface area contributed by atoms with Crippen molar-refractivity contribution >= 4 is 11.0 Å². The minimum absolute atomic E-state index is 0.114. The molecule has 5 aromatic rings. The molecule has 0 radical (unpaired) electrons. The molecule has 33 heavy (non-hydrogen) atoms. The van der Waals surface area contributed by atoms with Gasteiger partial charge in [-0.1, -0.05) is 23.8 Å². The lowest BCUT2D eigenvalue weighted by Gasteiger charge is -2.23. The number of halogens is 1. The number of benzene rings is 3. The predicted molar refractivity (Wildman–Crippen MR) is 126 cm³/mol. The first-order chi connectivity index (χ1) is 16.1. The van der Waals surface area contributed by atoms with E-state index in [2.05, 4.69) is 0 Å². The molecular formula is C28H18FNO3. The Bertz CT molecular complexity index is 1600. The van der Waals surface area contributed by atoms with Gasteiger partial charge in [0.2, 0.25) is 5.43 Å². The van der Waals surface area contributed by atoms with E-state index in [-0.39, 0.29) is 17.9 Å². The molecule has 3 heterocycles. The molecule has 160 valence electrons. The van der Waals surface area contributed by atoms with Crippen LogP contribution in [0.25, 0.3) is 44.6 Å². The van der Waals surface area contributed by atoms with Crippen molar-refractivity contribution in [1.29, 1.82) is 0 Å². The average molecular weight is 435 g/mol. The van der Waals surface area contributed by atoms with Gasteiger partial charge >= 0.3 is 0 Å². The van der Waals surface area contributed by atoms with Crippen LogP contribution in [0.4, 0.5) is 4.39 Å². The molecule has 4 nitrogen and oxygen atoms in total. The van der Waals surface area contributed by atoms with Crippen LogP contribution in [0.1, 0.15) is 11.1 Å². The zero-order chi connectivity index (χ0) is 22.5. The quantitative estimate of drug-likeness (QED) is 0.316. The Hall–Kier alpha value is -4.25. The topological polar surface area (TPSA) is 52.3 Å². The molecule has 6 rings (SSSR count). The molecular weight excluding hydrogens is 417 g/mol. The zero-order valence-electron chi connectivity index (χ0n) is 17.8. The summed E-state index contributed by atoms with van der Waals surface area (Å²) in [5, 5.41) is 0.526. The van der Waals surface area contributed by atoms with E-state index in [1.54, 1.807) is 18.2 Å². The summed E-state index contributed by atoms with van der Waals surface area (Å²) >= 11 is 0. The fourth-order valence-electron chi connectivity index (χ4n) is 4.32. The molecule has 0 saturated carbocycles. The van der Waals surface area contributed by atoms with Crippen LogP contribution in [0.3, 0.4) is 0 Å². The van der Waals surface area contributed by atoms with Crippen molar-refractivity contribution in [2.45, 2.75) is 13.5 Å². The number of ether oxygens (including phenoxy) is 1. The first-order valence-corrected chi connectivity index (χ1v) is 10.6. The Morgan fingerprint density at radius 2 is 1.73 bits per heavy atom. The number of rotatable bonds is 2. The van der Waals surface area contributed by atoms with Crippen molar-refractivity contribution in [2.24, 2.45) is 0 Å². The van der Waals surface area contributed by atoms with Crippen LogP contribution in [0, 0.1) is 12.7 Å². The summed E-state index contributed by atoms with van der Waals surface area (Å²) in [4.78, 5) is 18.4. The van der Waals surface area contributed by atoms with Gasteiger partial charge < -0.3 is 9.15 Å². The van der Waals surface area contributed by atoms with Crippen molar-refractivity contribution in [3.8, 4) is 39.4 Å². The molecule has 1 aliphatic rings. The number of para-hydroxylation sites is 1. The number of pyridine rings is 1. The summed E-state index contributed by atoms with van der Waals surface area (Å²) in [6, 6.07) is 21.3. The van der Waals surface area contributed by atoms with Gasteiger partial charge in [0.05, 0.1) is 22.3 Å². The summed E-state index contributed by atoms with van der Waals surface area (Å²) in [6.45, 7) is 2.22.